The van der Waals surface area contributed by atoms with E-state index in [-0.39, 0.29) is 17.1 Å². The summed E-state index contributed by atoms with van der Waals surface area (Å²) in [5.41, 5.74) is 0.204. The van der Waals surface area contributed by atoms with Gasteiger partial charge in [-0.2, -0.15) is 0 Å². The lowest BCUT2D eigenvalue weighted by molar-refractivity contribution is -0.139. The smallest absolute Gasteiger partial charge is 0.330 e. The number of rotatable bonds is 4. The van der Waals surface area contributed by atoms with Gasteiger partial charge in [-0.25, -0.2) is 4.79 Å². The Bertz CT molecular complexity index is 669. The maximum absolute atomic E-state index is 12.1. The largest absolute Gasteiger partial charge is 0.508 e. The molecule has 1 amide bonds. The van der Waals surface area contributed by atoms with Crippen LogP contribution in [0.2, 0.25) is 0 Å². The van der Waals surface area contributed by atoms with Crippen LogP contribution in [-0.4, -0.2) is 27.2 Å². The molecule has 21 heavy (non-hydrogen) atoms. The molecule has 1 atom stereocenters. The average molecular weight is 287 g/mol. The maximum atomic E-state index is 12.1. The zero-order chi connectivity index (χ0) is 15.4. The molecule has 0 aromatic heterocycles. The summed E-state index contributed by atoms with van der Waals surface area (Å²) >= 11 is 0. The van der Waals surface area contributed by atoms with Crippen molar-refractivity contribution in [3.05, 3.63) is 59.7 Å². The van der Waals surface area contributed by atoms with Gasteiger partial charge in [-0.1, -0.05) is 30.3 Å². The van der Waals surface area contributed by atoms with E-state index in [1.165, 1.54) is 6.07 Å². The van der Waals surface area contributed by atoms with Gasteiger partial charge in [0, 0.05) is 0 Å². The van der Waals surface area contributed by atoms with E-state index in [1.807, 2.05) is 0 Å². The highest BCUT2D eigenvalue weighted by molar-refractivity contribution is 5.99. The number of carbonyl (C=O) groups excluding carboxylic acids is 1. The van der Waals surface area contributed by atoms with Gasteiger partial charge in [-0.3, -0.25) is 4.79 Å². The highest BCUT2D eigenvalue weighted by atomic mass is 16.4. The number of phenols is 2. The van der Waals surface area contributed by atoms with Crippen molar-refractivity contribution < 1.29 is 24.9 Å². The molecule has 0 heterocycles. The molecule has 2 aromatic rings. The molecule has 0 fully saturated rings. The standard InChI is InChI=1S/C15H13NO5/c17-10-6-7-12(18)11(8-10)14(19)16-13(15(20)21)9-4-2-1-3-5-9/h1-8,13,17-18H,(H,16,19)(H,20,21). The third-order valence-electron chi connectivity index (χ3n) is 2.88. The summed E-state index contributed by atoms with van der Waals surface area (Å²) in [5.74, 6) is -2.57. The van der Waals surface area contributed by atoms with Crippen molar-refractivity contribution in [2.24, 2.45) is 0 Å². The molecule has 0 aliphatic carbocycles. The number of hydrogen-bond donors (Lipinski definition) is 4. The lowest BCUT2D eigenvalue weighted by Gasteiger charge is -2.15. The quantitative estimate of drug-likeness (QED) is 0.640. The Morgan fingerprint density at radius 2 is 1.67 bits per heavy atom. The fraction of sp³-hybridized carbons (Fsp3) is 0.0667. The van der Waals surface area contributed by atoms with Crippen molar-refractivity contribution in [1.82, 2.24) is 5.32 Å². The van der Waals surface area contributed by atoms with Crippen LogP contribution < -0.4 is 5.32 Å². The first-order valence-corrected chi connectivity index (χ1v) is 6.09. The Kier molecular flexibility index (Phi) is 4.08. The molecule has 108 valence electrons. The van der Waals surface area contributed by atoms with Gasteiger partial charge >= 0.3 is 5.97 Å². The lowest BCUT2D eigenvalue weighted by Crippen LogP contribution is -2.33. The highest BCUT2D eigenvalue weighted by Crippen LogP contribution is 2.23. The van der Waals surface area contributed by atoms with E-state index in [1.54, 1.807) is 30.3 Å². The molecular formula is C15H13NO5. The molecule has 0 spiro atoms. The predicted octanol–water partition coefficient (Wildman–Crippen LogP) is 1.65. The molecular weight excluding hydrogens is 274 g/mol. The van der Waals surface area contributed by atoms with Crippen LogP contribution in [0.1, 0.15) is 22.0 Å². The van der Waals surface area contributed by atoms with Crippen molar-refractivity contribution >= 4 is 11.9 Å². The third-order valence-corrected chi connectivity index (χ3v) is 2.88. The molecule has 2 rings (SSSR count). The third kappa shape index (κ3) is 3.30. The minimum Gasteiger partial charge on any atom is -0.508 e. The number of carboxylic acids is 1. The van der Waals surface area contributed by atoms with Crippen LogP contribution in [0.25, 0.3) is 0 Å². The van der Waals surface area contributed by atoms with Gasteiger partial charge in [-0.05, 0) is 23.8 Å². The van der Waals surface area contributed by atoms with Crippen LogP contribution in [0.15, 0.2) is 48.5 Å². The van der Waals surface area contributed by atoms with Crippen molar-refractivity contribution in [3.8, 4) is 11.5 Å². The van der Waals surface area contributed by atoms with Crippen molar-refractivity contribution in [1.29, 1.82) is 0 Å². The molecule has 0 saturated heterocycles. The van der Waals surface area contributed by atoms with Gasteiger partial charge < -0.3 is 20.6 Å². The van der Waals surface area contributed by atoms with Crippen LogP contribution in [0.5, 0.6) is 11.5 Å². The Morgan fingerprint density at radius 1 is 1.00 bits per heavy atom. The van der Waals surface area contributed by atoms with Gasteiger partial charge in [0.25, 0.3) is 5.91 Å². The van der Waals surface area contributed by atoms with Crippen LogP contribution in [-0.2, 0) is 4.79 Å². The van der Waals surface area contributed by atoms with Gasteiger partial charge in [0.15, 0.2) is 6.04 Å². The zero-order valence-corrected chi connectivity index (χ0v) is 10.9. The van der Waals surface area contributed by atoms with E-state index in [9.17, 15) is 24.9 Å². The number of aliphatic carboxylic acids is 1. The second-order valence-electron chi connectivity index (χ2n) is 4.36. The average Bonchev–Trinajstić information content (AvgIpc) is 2.47. The van der Waals surface area contributed by atoms with Gasteiger partial charge in [0.1, 0.15) is 11.5 Å². The number of amides is 1. The number of phenolic OH excluding ortho intramolecular Hbond substituents is 2. The Hall–Kier alpha value is -3.02. The molecule has 0 aliphatic heterocycles. The first-order valence-electron chi connectivity index (χ1n) is 6.09. The number of carbonyl (C=O) groups is 2. The molecule has 2 aromatic carbocycles. The molecule has 6 heteroatoms. The first kappa shape index (κ1) is 14.4. The first-order chi connectivity index (χ1) is 9.99. The number of carboxylic acid groups (broad SMARTS) is 1. The summed E-state index contributed by atoms with van der Waals surface area (Å²) < 4.78 is 0. The molecule has 4 N–H and O–H groups in total. The summed E-state index contributed by atoms with van der Waals surface area (Å²) in [4.78, 5) is 23.4. The monoisotopic (exact) mass is 287 g/mol. The van der Waals surface area contributed by atoms with Gasteiger partial charge in [-0.15, -0.1) is 0 Å². The highest BCUT2D eigenvalue weighted by Gasteiger charge is 2.23. The topological polar surface area (TPSA) is 107 Å². The molecule has 1 unspecified atom stereocenters. The number of hydrogen-bond acceptors (Lipinski definition) is 4. The van der Waals surface area contributed by atoms with E-state index in [2.05, 4.69) is 5.32 Å². The number of benzene rings is 2. The fourth-order valence-electron chi connectivity index (χ4n) is 1.85. The van der Waals surface area contributed by atoms with E-state index in [4.69, 9.17) is 0 Å². The summed E-state index contributed by atoms with van der Waals surface area (Å²) in [7, 11) is 0. The van der Waals surface area contributed by atoms with Crippen molar-refractivity contribution in [2.75, 3.05) is 0 Å². The van der Waals surface area contributed by atoms with Crippen LogP contribution in [0, 0.1) is 0 Å². The van der Waals surface area contributed by atoms with Crippen LogP contribution in [0.4, 0.5) is 0 Å². The summed E-state index contributed by atoms with van der Waals surface area (Å²) in [6, 6.07) is 10.4. The molecule has 0 bridgehead atoms. The van der Waals surface area contributed by atoms with Crippen molar-refractivity contribution in [3.63, 3.8) is 0 Å². The van der Waals surface area contributed by atoms with Crippen LogP contribution >= 0.6 is 0 Å². The lowest BCUT2D eigenvalue weighted by atomic mass is 10.1. The summed E-state index contributed by atoms with van der Waals surface area (Å²) in [6.45, 7) is 0. The predicted molar refractivity (Wildman–Crippen MR) is 74.1 cm³/mol. The Balaban J connectivity index is 2.27. The molecule has 0 saturated carbocycles. The zero-order valence-electron chi connectivity index (χ0n) is 10.9. The minimum absolute atomic E-state index is 0.197. The Morgan fingerprint density at radius 3 is 2.29 bits per heavy atom. The summed E-state index contributed by atoms with van der Waals surface area (Å²) in [5, 5.41) is 30.5. The molecule has 0 radical (unpaired) electrons. The Labute approximate surface area is 120 Å². The number of aromatic hydroxyl groups is 2. The van der Waals surface area contributed by atoms with E-state index in [0.29, 0.717) is 5.56 Å². The fourth-order valence-corrected chi connectivity index (χ4v) is 1.85. The maximum Gasteiger partial charge on any atom is 0.330 e. The number of nitrogens with one attached hydrogen (secondary N) is 1. The van der Waals surface area contributed by atoms with E-state index >= 15 is 0 Å². The SMILES string of the molecule is O=C(NC(C(=O)O)c1ccccc1)c1cc(O)ccc1O. The van der Waals surface area contributed by atoms with E-state index < -0.39 is 17.9 Å². The summed E-state index contributed by atoms with van der Waals surface area (Å²) in [6.07, 6.45) is 0. The van der Waals surface area contributed by atoms with Crippen LogP contribution in [0.3, 0.4) is 0 Å². The van der Waals surface area contributed by atoms with Gasteiger partial charge in [0.2, 0.25) is 0 Å². The van der Waals surface area contributed by atoms with Gasteiger partial charge in [0.05, 0.1) is 5.56 Å². The second-order valence-corrected chi connectivity index (χ2v) is 4.36. The normalized spacial score (nSPS) is 11.6. The van der Waals surface area contributed by atoms with E-state index in [0.717, 1.165) is 12.1 Å². The minimum atomic E-state index is -1.25. The molecule has 6 nitrogen and oxygen atoms in total. The second kappa shape index (κ2) is 5.96. The van der Waals surface area contributed by atoms with Crippen molar-refractivity contribution in [2.45, 2.75) is 6.04 Å². The molecule has 0 aliphatic rings.